The number of hydrogen-bond donors (Lipinski definition) is 3. The van der Waals surface area contributed by atoms with Crippen LogP contribution in [0.2, 0.25) is 0 Å². The van der Waals surface area contributed by atoms with Crippen molar-refractivity contribution in [1.29, 1.82) is 0 Å². The van der Waals surface area contributed by atoms with Crippen LogP contribution in [-0.2, 0) is 15.1 Å². The Hall–Kier alpha value is -2.69. The molecule has 0 aromatic heterocycles. The number of aliphatic hydroxyl groups is 1. The Morgan fingerprint density at radius 3 is 2.34 bits per heavy atom. The summed E-state index contributed by atoms with van der Waals surface area (Å²) < 4.78 is 53.3. The fraction of sp³-hybridized carbons (Fsp3) is 0.500. The number of carbonyl (C=O) groups is 2. The summed E-state index contributed by atoms with van der Waals surface area (Å²) >= 11 is 0. The molecule has 0 fully saturated rings. The molecule has 7 nitrogen and oxygen atoms in total. The van der Waals surface area contributed by atoms with Crippen molar-refractivity contribution in [2.75, 3.05) is 12.4 Å². The van der Waals surface area contributed by atoms with E-state index in [1.165, 1.54) is 27.8 Å². The van der Waals surface area contributed by atoms with E-state index >= 15 is 0 Å². The quantitative estimate of drug-likeness (QED) is 0.654. The highest BCUT2D eigenvalue weighted by Gasteiger charge is 2.56. The molecule has 0 aliphatic carbocycles. The van der Waals surface area contributed by atoms with Crippen LogP contribution in [0.15, 0.2) is 23.2 Å². The summed E-state index contributed by atoms with van der Waals surface area (Å²) in [6.07, 6.45) is -5.22. The van der Waals surface area contributed by atoms with Crippen molar-refractivity contribution >= 4 is 23.5 Å². The molecule has 1 aromatic carbocycles. The molecule has 1 heterocycles. The van der Waals surface area contributed by atoms with Gasteiger partial charge >= 0.3 is 6.18 Å². The van der Waals surface area contributed by atoms with Gasteiger partial charge in [0.25, 0.3) is 5.91 Å². The summed E-state index contributed by atoms with van der Waals surface area (Å²) in [6.45, 7) is 4.82. The van der Waals surface area contributed by atoms with Gasteiger partial charge in [0.15, 0.2) is 5.96 Å². The number of amides is 2. The smallest absolute Gasteiger partial charge is 0.373 e. The Bertz CT molecular complexity index is 896. The summed E-state index contributed by atoms with van der Waals surface area (Å²) in [7, 11) is 1.41. The third kappa shape index (κ3) is 3.43. The molecule has 0 bridgehead atoms. The van der Waals surface area contributed by atoms with Gasteiger partial charge in [-0.25, -0.2) is 9.38 Å². The molecule has 4 N–H and O–H groups in total. The molecule has 29 heavy (non-hydrogen) atoms. The Kier molecular flexibility index (Phi) is 5.21. The van der Waals surface area contributed by atoms with Crippen LogP contribution in [0.3, 0.4) is 0 Å². The first-order valence-electron chi connectivity index (χ1n) is 8.51. The third-order valence-corrected chi connectivity index (χ3v) is 5.48. The van der Waals surface area contributed by atoms with Crippen LogP contribution in [0.4, 0.5) is 23.2 Å². The second kappa shape index (κ2) is 6.68. The van der Waals surface area contributed by atoms with Crippen LogP contribution in [0.25, 0.3) is 0 Å². The highest BCUT2D eigenvalue weighted by Crippen LogP contribution is 2.47. The Balaban J connectivity index is 2.54. The van der Waals surface area contributed by atoms with Gasteiger partial charge in [-0.1, -0.05) is 0 Å². The number of alkyl halides is 3. The van der Waals surface area contributed by atoms with Gasteiger partial charge in [0.05, 0.1) is 5.41 Å². The van der Waals surface area contributed by atoms with Crippen molar-refractivity contribution in [1.82, 2.24) is 4.90 Å². The predicted molar refractivity (Wildman–Crippen MR) is 97.2 cm³/mol. The molecule has 2 amide bonds. The van der Waals surface area contributed by atoms with Crippen molar-refractivity contribution in [3.05, 3.63) is 29.6 Å². The number of aliphatic imine (C=N–C) groups is 1. The molecule has 2 rings (SSSR count). The fourth-order valence-corrected chi connectivity index (χ4v) is 2.93. The lowest BCUT2D eigenvalue weighted by atomic mass is 9.67. The van der Waals surface area contributed by atoms with Crippen LogP contribution in [-0.4, -0.2) is 46.6 Å². The average Bonchev–Trinajstić information content (AvgIpc) is 2.59. The second-order valence-electron chi connectivity index (χ2n) is 7.75. The zero-order valence-corrected chi connectivity index (χ0v) is 16.5. The lowest BCUT2D eigenvalue weighted by Crippen LogP contribution is -2.58. The number of rotatable bonds is 3. The van der Waals surface area contributed by atoms with Crippen LogP contribution in [0.5, 0.6) is 0 Å². The molecule has 0 saturated heterocycles. The minimum atomic E-state index is -5.22. The van der Waals surface area contributed by atoms with Gasteiger partial charge in [-0.05, 0) is 45.9 Å². The summed E-state index contributed by atoms with van der Waals surface area (Å²) in [6, 6.07) is 3.02. The maximum absolute atomic E-state index is 14.7. The number of hydrogen-bond acceptors (Lipinski definition) is 5. The molecule has 160 valence electrons. The maximum Gasteiger partial charge on any atom is 0.426 e. The zero-order valence-electron chi connectivity index (χ0n) is 16.5. The highest BCUT2D eigenvalue weighted by molar-refractivity contribution is 6.02. The topological polar surface area (TPSA) is 108 Å². The van der Waals surface area contributed by atoms with Gasteiger partial charge in [0, 0.05) is 18.3 Å². The lowest BCUT2D eigenvalue weighted by Gasteiger charge is -2.46. The normalized spacial score (nSPS) is 24.0. The Morgan fingerprint density at radius 1 is 1.28 bits per heavy atom. The van der Waals surface area contributed by atoms with Gasteiger partial charge < -0.3 is 16.2 Å². The van der Waals surface area contributed by atoms with Gasteiger partial charge in [0.1, 0.15) is 11.4 Å². The molecule has 1 aliphatic rings. The van der Waals surface area contributed by atoms with E-state index in [1.54, 1.807) is 0 Å². The standard InChI is InChI=1S/C18H22F4N4O3/c1-15(2)13(28)26(5)14(23)25-16(15,3)10-8-9(6-7-11(10)19)24-12(27)17(4,29)18(20,21)22/h6-8,29H,1-5H3,(H2,23,25)(H,24,27)/t16-,17+/m1/s1. The number of halogens is 4. The van der Waals surface area contributed by atoms with Crippen molar-refractivity contribution in [3.8, 4) is 0 Å². The van der Waals surface area contributed by atoms with Crippen LogP contribution in [0.1, 0.15) is 33.3 Å². The van der Waals surface area contributed by atoms with Gasteiger partial charge in [-0.15, -0.1) is 0 Å². The van der Waals surface area contributed by atoms with E-state index in [9.17, 15) is 32.3 Å². The summed E-state index contributed by atoms with van der Waals surface area (Å²) in [5.74, 6) is -3.14. The number of nitrogens with one attached hydrogen (secondary N) is 1. The molecule has 1 aliphatic heterocycles. The van der Waals surface area contributed by atoms with E-state index in [1.807, 2.05) is 5.32 Å². The number of nitrogens with two attached hydrogens (primary N) is 1. The first kappa shape index (κ1) is 22.6. The van der Waals surface area contributed by atoms with Crippen LogP contribution >= 0.6 is 0 Å². The van der Waals surface area contributed by atoms with Crippen molar-refractivity contribution in [2.45, 2.75) is 45.0 Å². The zero-order chi connectivity index (χ0) is 22.6. The van der Waals surface area contributed by atoms with E-state index in [2.05, 4.69) is 4.99 Å². The number of nitrogens with zero attached hydrogens (tertiary/aromatic N) is 2. The number of guanidine groups is 1. The maximum atomic E-state index is 14.7. The molecule has 11 heteroatoms. The van der Waals surface area contributed by atoms with E-state index in [0.717, 1.165) is 23.1 Å². The van der Waals surface area contributed by atoms with Crippen molar-refractivity contribution in [3.63, 3.8) is 0 Å². The van der Waals surface area contributed by atoms with E-state index < -0.39 is 40.4 Å². The third-order valence-electron chi connectivity index (χ3n) is 5.48. The van der Waals surface area contributed by atoms with E-state index in [-0.39, 0.29) is 17.2 Å². The van der Waals surface area contributed by atoms with Gasteiger partial charge in [0.2, 0.25) is 11.5 Å². The monoisotopic (exact) mass is 418 g/mol. The Morgan fingerprint density at radius 2 is 1.83 bits per heavy atom. The van der Waals surface area contributed by atoms with Gasteiger partial charge in [-0.3, -0.25) is 14.5 Å². The second-order valence-corrected chi connectivity index (χ2v) is 7.75. The van der Waals surface area contributed by atoms with E-state index in [0.29, 0.717) is 6.92 Å². The number of anilines is 1. The Labute approximate surface area is 164 Å². The molecule has 0 unspecified atom stereocenters. The van der Waals surface area contributed by atoms with Gasteiger partial charge in [-0.2, -0.15) is 13.2 Å². The summed E-state index contributed by atoms with van der Waals surface area (Å²) in [4.78, 5) is 30.0. The first-order chi connectivity index (χ1) is 13.0. The van der Waals surface area contributed by atoms with Crippen molar-refractivity contribution in [2.24, 2.45) is 16.1 Å². The van der Waals surface area contributed by atoms with Crippen LogP contribution in [0, 0.1) is 11.2 Å². The molecule has 1 aromatic rings. The molecule has 0 radical (unpaired) electrons. The first-order valence-corrected chi connectivity index (χ1v) is 8.51. The molecular weight excluding hydrogens is 396 g/mol. The summed E-state index contributed by atoms with van der Waals surface area (Å²) in [5.41, 5.74) is -1.03. The fourth-order valence-electron chi connectivity index (χ4n) is 2.93. The minimum Gasteiger partial charge on any atom is -0.373 e. The molecular formula is C18H22F4N4O3. The van der Waals surface area contributed by atoms with E-state index in [4.69, 9.17) is 5.73 Å². The predicted octanol–water partition coefficient (Wildman–Crippen LogP) is 2.11. The average molecular weight is 418 g/mol. The van der Waals surface area contributed by atoms with Crippen LogP contribution < -0.4 is 11.1 Å². The highest BCUT2D eigenvalue weighted by atomic mass is 19.4. The lowest BCUT2D eigenvalue weighted by molar-refractivity contribution is -0.242. The van der Waals surface area contributed by atoms with Crippen molar-refractivity contribution < 1.29 is 32.3 Å². The number of carbonyl (C=O) groups excluding carboxylic acids is 2. The number of benzene rings is 1. The summed E-state index contributed by atoms with van der Waals surface area (Å²) in [5, 5.41) is 11.4. The largest absolute Gasteiger partial charge is 0.426 e. The SMILES string of the molecule is CN1C(=O)C(C)(C)[C@@](C)(c2cc(NC(=O)[C@](C)(O)C(F)(F)F)ccc2F)N=C1N. The minimum absolute atomic E-state index is 0.156. The molecule has 0 saturated carbocycles. The molecule has 0 spiro atoms. The molecule has 2 atom stereocenters.